The van der Waals surface area contributed by atoms with Gasteiger partial charge in [0.2, 0.25) is 0 Å². The summed E-state index contributed by atoms with van der Waals surface area (Å²) in [5.74, 6) is 0.260. The molecule has 0 aliphatic heterocycles. The van der Waals surface area contributed by atoms with Gasteiger partial charge >= 0.3 is 5.97 Å². The van der Waals surface area contributed by atoms with Crippen LogP contribution in [-0.2, 0) is 4.79 Å². The van der Waals surface area contributed by atoms with E-state index in [4.69, 9.17) is 9.47 Å². The molecule has 1 aromatic rings. The molecule has 0 bridgehead atoms. The molecule has 1 atom stereocenters. The Morgan fingerprint density at radius 3 is 2.75 bits per heavy atom. The summed E-state index contributed by atoms with van der Waals surface area (Å²) in [6.45, 7) is 3.73. The van der Waals surface area contributed by atoms with Crippen LogP contribution >= 0.6 is 0 Å². The normalized spacial score (nSPS) is 11.9. The Labute approximate surface area is 94.8 Å². The average molecular weight is 224 g/mol. The van der Waals surface area contributed by atoms with Gasteiger partial charge in [0.25, 0.3) is 0 Å². The largest absolute Gasteiger partial charge is 0.504 e. The predicted octanol–water partition coefficient (Wildman–Crippen LogP) is 2.35. The molecule has 0 fully saturated rings. The number of benzene rings is 1. The molecular formula is C12H16O4. The van der Waals surface area contributed by atoms with E-state index in [-0.39, 0.29) is 23.4 Å². The quantitative estimate of drug-likeness (QED) is 0.630. The van der Waals surface area contributed by atoms with Crippen LogP contribution in [0.15, 0.2) is 18.2 Å². The van der Waals surface area contributed by atoms with Crippen LogP contribution in [0.25, 0.3) is 0 Å². The van der Waals surface area contributed by atoms with Crippen molar-refractivity contribution in [3.63, 3.8) is 0 Å². The minimum atomic E-state index is -0.282. The summed E-state index contributed by atoms with van der Waals surface area (Å²) in [5, 5.41) is 9.36. The third-order valence-corrected chi connectivity index (χ3v) is 2.38. The topological polar surface area (TPSA) is 55.8 Å². The first-order chi connectivity index (χ1) is 7.58. The second-order valence-corrected chi connectivity index (χ2v) is 3.56. The third kappa shape index (κ3) is 2.89. The molecule has 1 unspecified atom stereocenters. The second kappa shape index (κ2) is 5.39. The molecule has 1 aromatic carbocycles. The zero-order chi connectivity index (χ0) is 12.1. The standard InChI is InChI=1S/C12H16O4/c1-4-8(2)12(14)16-9-5-6-10(13)11(7-9)15-3/h5-8,13H,4H2,1-3H3. The predicted molar refractivity (Wildman–Crippen MR) is 59.7 cm³/mol. The molecule has 88 valence electrons. The van der Waals surface area contributed by atoms with Crippen molar-refractivity contribution in [1.82, 2.24) is 0 Å². The van der Waals surface area contributed by atoms with Crippen molar-refractivity contribution in [1.29, 1.82) is 0 Å². The minimum absolute atomic E-state index is 0.0193. The highest BCUT2D eigenvalue weighted by molar-refractivity contribution is 5.74. The van der Waals surface area contributed by atoms with Gasteiger partial charge in [0.05, 0.1) is 13.0 Å². The third-order valence-electron chi connectivity index (χ3n) is 2.38. The molecule has 4 nitrogen and oxygen atoms in total. The number of hydrogen-bond acceptors (Lipinski definition) is 4. The number of ether oxygens (including phenoxy) is 2. The number of aromatic hydroxyl groups is 1. The molecule has 0 saturated carbocycles. The summed E-state index contributed by atoms with van der Waals surface area (Å²) in [6.07, 6.45) is 0.730. The van der Waals surface area contributed by atoms with Crippen molar-refractivity contribution in [2.45, 2.75) is 20.3 Å². The zero-order valence-corrected chi connectivity index (χ0v) is 9.69. The molecule has 0 aliphatic rings. The van der Waals surface area contributed by atoms with E-state index in [0.717, 1.165) is 6.42 Å². The Bertz CT molecular complexity index is 373. The van der Waals surface area contributed by atoms with Gasteiger partial charge in [-0.05, 0) is 18.6 Å². The van der Waals surface area contributed by atoms with Crippen LogP contribution < -0.4 is 9.47 Å². The van der Waals surface area contributed by atoms with Crippen LogP contribution in [0.1, 0.15) is 20.3 Å². The van der Waals surface area contributed by atoms with Gasteiger partial charge in [-0.3, -0.25) is 4.79 Å². The number of esters is 1. The fourth-order valence-corrected chi connectivity index (χ4v) is 1.10. The van der Waals surface area contributed by atoms with Crippen LogP contribution in [-0.4, -0.2) is 18.2 Å². The molecule has 0 aromatic heterocycles. The number of carbonyl (C=O) groups excluding carboxylic acids is 1. The van der Waals surface area contributed by atoms with Crippen molar-refractivity contribution >= 4 is 5.97 Å². The Balaban J connectivity index is 2.78. The summed E-state index contributed by atoms with van der Waals surface area (Å²) in [5.41, 5.74) is 0. The fraction of sp³-hybridized carbons (Fsp3) is 0.417. The molecule has 0 heterocycles. The molecule has 0 radical (unpaired) electrons. The number of methoxy groups -OCH3 is 1. The van der Waals surface area contributed by atoms with Crippen LogP contribution in [0.3, 0.4) is 0 Å². The van der Waals surface area contributed by atoms with E-state index < -0.39 is 0 Å². The van der Waals surface area contributed by atoms with Gasteiger partial charge in [0.15, 0.2) is 11.5 Å². The minimum Gasteiger partial charge on any atom is -0.504 e. The lowest BCUT2D eigenvalue weighted by molar-refractivity contribution is -0.138. The SMILES string of the molecule is CCC(C)C(=O)Oc1ccc(O)c(OC)c1. The molecule has 0 amide bonds. The highest BCUT2D eigenvalue weighted by atomic mass is 16.5. The van der Waals surface area contributed by atoms with Crippen molar-refractivity contribution < 1.29 is 19.4 Å². The lowest BCUT2D eigenvalue weighted by Gasteiger charge is -2.10. The van der Waals surface area contributed by atoms with Crippen LogP contribution in [0.2, 0.25) is 0 Å². The van der Waals surface area contributed by atoms with Gasteiger partial charge in [-0.15, -0.1) is 0 Å². The van der Waals surface area contributed by atoms with Crippen molar-refractivity contribution in [2.75, 3.05) is 7.11 Å². The number of hydrogen-bond donors (Lipinski definition) is 1. The molecule has 0 spiro atoms. The molecule has 1 rings (SSSR count). The molecule has 1 N–H and O–H groups in total. The highest BCUT2D eigenvalue weighted by Crippen LogP contribution is 2.30. The molecule has 4 heteroatoms. The van der Waals surface area contributed by atoms with E-state index in [9.17, 15) is 9.90 Å². The average Bonchev–Trinajstić information content (AvgIpc) is 2.30. The first kappa shape index (κ1) is 12.4. The van der Waals surface area contributed by atoms with Crippen molar-refractivity contribution in [2.24, 2.45) is 5.92 Å². The molecule has 0 aliphatic carbocycles. The summed E-state index contributed by atoms with van der Waals surface area (Å²) in [4.78, 5) is 11.5. The Kier molecular flexibility index (Phi) is 4.17. The number of carbonyl (C=O) groups is 1. The van der Waals surface area contributed by atoms with Crippen LogP contribution in [0.4, 0.5) is 0 Å². The number of rotatable bonds is 4. The summed E-state index contributed by atoms with van der Waals surface area (Å²) in [7, 11) is 1.44. The van der Waals surface area contributed by atoms with Crippen molar-refractivity contribution in [3.8, 4) is 17.2 Å². The Hall–Kier alpha value is -1.71. The molecular weight excluding hydrogens is 208 g/mol. The first-order valence-electron chi connectivity index (χ1n) is 5.17. The van der Waals surface area contributed by atoms with Gasteiger partial charge in [0, 0.05) is 6.07 Å². The number of phenolic OH excluding ortho intramolecular Hbond substituents is 1. The maximum Gasteiger partial charge on any atom is 0.314 e. The smallest absolute Gasteiger partial charge is 0.314 e. The second-order valence-electron chi connectivity index (χ2n) is 3.56. The van der Waals surface area contributed by atoms with Gasteiger partial charge in [-0.25, -0.2) is 0 Å². The fourth-order valence-electron chi connectivity index (χ4n) is 1.10. The summed E-state index contributed by atoms with van der Waals surface area (Å²) < 4.78 is 10.0. The lowest BCUT2D eigenvalue weighted by atomic mass is 10.1. The number of phenols is 1. The van der Waals surface area contributed by atoms with Gasteiger partial charge in [-0.1, -0.05) is 13.8 Å². The first-order valence-corrected chi connectivity index (χ1v) is 5.17. The Morgan fingerprint density at radius 2 is 2.19 bits per heavy atom. The van der Waals surface area contributed by atoms with E-state index in [1.807, 2.05) is 6.92 Å². The molecule has 16 heavy (non-hydrogen) atoms. The Morgan fingerprint density at radius 1 is 1.50 bits per heavy atom. The van der Waals surface area contributed by atoms with E-state index in [0.29, 0.717) is 5.75 Å². The highest BCUT2D eigenvalue weighted by Gasteiger charge is 2.14. The van der Waals surface area contributed by atoms with Gasteiger partial charge in [0.1, 0.15) is 5.75 Å². The van der Waals surface area contributed by atoms with E-state index in [1.54, 1.807) is 6.92 Å². The summed E-state index contributed by atoms with van der Waals surface area (Å²) in [6, 6.07) is 4.44. The van der Waals surface area contributed by atoms with Crippen LogP contribution in [0, 0.1) is 5.92 Å². The van der Waals surface area contributed by atoms with Crippen LogP contribution in [0.5, 0.6) is 17.2 Å². The van der Waals surface area contributed by atoms with Gasteiger partial charge in [-0.2, -0.15) is 0 Å². The van der Waals surface area contributed by atoms with E-state index >= 15 is 0 Å². The monoisotopic (exact) mass is 224 g/mol. The zero-order valence-electron chi connectivity index (χ0n) is 9.69. The summed E-state index contributed by atoms with van der Waals surface area (Å²) >= 11 is 0. The van der Waals surface area contributed by atoms with Gasteiger partial charge < -0.3 is 14.6 Å². The van der Waals surface area contributed by atoms with E-state index in [2.05, 4.69) is 0 Å². The maximum absolute atomic E-state index is 11.5. The molecule has 0 saturated heterocycles. The van der Waals surface area contributed by atoms with E-state index in [1.165, 1.54) is 25.3 Å². The lowest BCUT2D eigenvalue weighted by Crippen LogP contribution is -2.16. The van der Waals surface area contributed by atoms with Crippen molar-refractivity contribution in [3.05, 3.63) is 18.2 Å². The maximum atomic E-state index is 11.5.